The van der Waals surface area contributed by atoms with E-state index in [2.05, 4.69) is 26.6 Å². The fourth-order valence-electron chi connectivity index (χ4n) is 4.24. The number of pyridine rings is 1. The number of carboxylic acids is 1. The number of nitrogens with zero attached hydrogens (tertiary/aromatic N) is 7. The third kappa shape index (κ3) is 6.01. The number of alkyl halides is 3. The van der Waals surface area contributed by atoms with Crippen molar-refractivity contribution in [1.82, 2.24) is 29.5 Å². The van der Waals surface area contributed by atoms with E-state index in [1.165, 1.54) is 21.4 Å². The minimum Gasteiger partial charge on any atom is -0.475 e. The number of halogens is 4. The van der Waals surface area contributed by atoms with Gasteiger partial charge in [-0.1, -0.05) is 11.6 Å². The van der Waals surface area contributed by atoms with E-state index in [0.29, 0.717) is 22.5 Å². The number of amides is 1. The Morgan fingerprint density at radius 3 is 2.52 bits per heavy atom. The number of nitrogens with one attached hydrogen (secondary N) is 1. The Balaban J connectivity index is 0.000000517. The number of hydrogen-bond donors (Lipinski definition) is 3. The van der Waals surface area contributed by atoms with Crippen LogP contribution in [0, 0.1) is 11.3 Å². The number of anilines is 2. The first kappa shape index (κ1) is 30.3. The smallest absolute Gasteiger partial charge is 0.475 e. The number of nitrogen functional groups attached to an aromatic ring is 1. The van der Waals surface area contributed by atoms with E-state index in [1.807, 2.05) is 4.90 Å². The minimum atomic E-state index is -5.08. The summed E-state index contributed by atoms with van der Waals surface area (Å²) in [6.07, 6.45) is -0.499. The molecule has 5 heterocycles. The van der Waals surface area contributed by atoms with Crippen molar-refractivity contribution in [1.29, 1.82) is 5.26 Å². The molecule has 4 N–H and O–H groups in total. The van der Waals surface area contributed by atoms with Gasteiger partial charge in [-0.2, -0.15) is 23.5 Å². The average Bonchev–Trinajstić information content (AvgIpc) is 3.49. The van der Waals surface area contributed by atoms with Gasteiger partial charge in [-0.25, -0.2) is 27.2 Å². The third-order valence-corrected chi connectivity index (χ3v) is 8.10. The fourth-order valence-corrected chi connectivity index (χ4v) is 5.74. The molecule has 1 aliphatic rings. The van der Waals surface area contributed by atoms with Gasteiger partial charge in [0.2, 0.25) is 0 Å². The lowest BCUT2D eigenvalue weighted by Gasteiger charge is -2.32. The molecule has 1 saturated heterocycles. The van der Waals surface area contributed by atoms with Gasteiger partial charge in [-0.15, -0.1) is 5.10 Å². The number of rotatable bonds is 4. The largest absolute Gasteiger partial charge is 0.490 e. The van der Waals surface area contributed by atoms with Crippen molar-refractivity contribution < 1.29 is 36.3 Å². The molecule has 222 valence electrons. The SMILES string of the molecule is CC(NC(=O)c1c(N)nn2cccnc12)c1cc(Cl)c2c(C#N)cnn2c1N1CCS(=O)(=O)CC1.O=C(O)C(F)(F)F. The first-order valence-corrected chi connectivity index (χ1v) is 14.1. The Hall–Kier alpha value is -4.63. The molecule has 0 aromatic carbocycles. The fraction of sp³-hybridized carbons (Fsp3) is 0.304. The zero-order valence-corrected chi connectivity index (χ0v) is 23.1. The van der Waals surface area contributed by atoms with Gasteiger partial charge in [-0.3, -0.25) is 4.79 Å². The molecule has 1 aliphatic heterocycles. The van der Waals surface area contributed by atoms with Crippen LogP contribution in [0.1, 0.15) is 34.5 Å². The van der Waals surface area contributed by atoms with Gasteiger partial charge in [0.1, 0.15) is 23.0 Å². The Bertz CT molecular complexity index is 1840. The Labute approximate surface area is 240 Å². The maximum atomic E-state index is 13.2. The van der Waals surface area contributed by atoms with Gasteiger partial charge in [0.15, 0.2) is 21.3 Å². The topological polar surface area (TPSA) is 201 Å². The summed E-state index contributed by atoms with van der Waals surface area (Å²) in [5, 5.41) is 28.3. The Kier molecular flexibility index (Phi) is 8.18. The first-order valence-electron chi connectivity index (χ1n) is 11.9. The highest BCUT2D eigenvalue weighted by Gasteiger charge is 2.38. The summed E-state index contributed by atoms with van der Waals surface area (Å²) < 4.78 is 58.8. The normalized spacial score (nSPS) is 15.5. The van der Waals surface area contributed by atoms with E-state index in [1.54, 1.807) is 25.3 Å². The minimum absolute atomic E-state index is 0.0196. The van der Waals surface area contributed by atoms with Crippen molar-refractivity contribution in [2.24, 2.45) is 0 Å². The molecule has 4 aromatic rings. The number of carbonyl (C=O) groups is 2. The molecule has 19 heteroatoms. The van der Waals surface area contributed by atoms with E-state index < -0.39 is 33.9 Å². The van der Waals surface area contributed by atoms with E-state index >= 15 is 0 Å². The number of sulfone groups is 1. The monoisotopic (exact) mass is 627 g/mol. The van der Waals surface area contributed by atoms with Crippen LogP contribution in [0.25, 0.3) is 11.2 Å². The zero-order valence-electron chi connectivity index (χ0n) is 21.5. The number of carboxylic acid groups (broad SMARTS) is 1. The van der Waals surface area contributed by atoms with E-state index in [-0.39, 0.29) is 46.6 Å². The van der Waals surface area contributed by atoms with Crippen LogP contribution in [0.4, 0.5) is 24.8 Å². The van der Waals surface area contributed by atoms with E-state index in [4.69, 9.17) is 27.2 Å². The molecule has 0 bridgehead atoms. The van der Waals surface area contributed by atoms with Crippen molar-refractivity contribution in [2.45, 2.75) is 19.1 Å². The number of hydrogen-bond acceptors (Lipinski definition) is 10. The van der Waals surface area contributed by atoms with Gasteiger partial charge in [0, 0.05) is 31.0 Å². The van der Waals surface area contributed by atoms with Crippen molar-refractivity contribution in [2.75, 3.05) is 35.2 Å². The Morgan fingerprint density at radius 2 is 1.93 bits per heavy atom. The molecule has 42 heavy (non-hydrogen) atoms. The zero-order chi connectivity index (χ0) is 31.0. The summed E-state index contributed by atoms with van der Waals surface area (Å²) in [5.74, 6) is -2.69. The lowest BCUT2D eigenvalue weighted by Crippen LogP contribution is -2.42. The van der Waals surface area contributed by atoms with Gasteiger partial charge < -0.3 is 21.1 Å². The summed E-state index contributed by atoms with van der Waals surface area (Å²) in [4.78, 5) is 28.2. The Morgan fingerprint density at radius 1 is 1.29 bits per heavy atom. The first-order chi connectivity index (χ1) is 19.6. The number of aromatic nitrogens is 5. The molecule has 1 unspecified atom stereocenters. The molecular formula is C23H21ClF3N9O5S. The molecule has 1 amide bonds. The molecule has 4 aromatic heterocycles. The predicted molar refractivity (Wildman–Crippen MR) is 143 cm³/mol. The number of nitriles is 1. The summed E-state index contributed by atoms with van der Waals surface area (Å²) in [6, 6.07) is 4.82. The highest BCUT2D eigenvalue weighted by atomic mass is 35.5. The van der Waals surface area contributed by atoms with Crippen LogP contribution in [0.3, 0.4) is 0 Å². The molecule has 0 aliphatic carbocycles. The second-order valence-electron chi connectivity index (χ2n) is 8.99. The number of aliphatic carboxylic acids is 1. The molecular weight excluding hydrogens is 607 g/mol. The predicted octanol–water partition coefficient (Wildman–Crippen LogP) is 1.84. The molecule has 5 rings (SSSR count). The maximum absolute atomic E-state index is 13.2. The highest BCUT2D eigenvalue weighted by Crippen LogP contribution is 2.35. The van der Waals surface area contributed by atoms with Crippen LogP contribution >= 0.6 is 11.6 Å². The van der Waals surface area contributed by atoms with E-state index in [9.17, 15) is 31.6 Å². The summed E-state index contributed by atoms with van der Waals surface area (Å²) >= 11 is 6.54. The molecule has 0 spiro atoms. The quantitative estimate of drug-likeness (QED) is 0.298. The van der Waals surface area contributed by atoms with Crippen molar-refractivity contribution in [3.8, 4) is 6.07 Å². The molecule has 1 fully saturated rings. The van der Waals surface area contributed by atoms with Crippen LogP contribution in [-0.2, 0) is 14.6 Å². The summed E-state index contributed by atoms with van der Waals surface area (Å²) in [5.41, 5.74) is 7.75. The lowest BCUT2D eigenvalue weighted by molar-refractivity contribution is -0.192. The molecule has 0 saturated carbocycles. The number of fused-ring (bicyclic) bond motifs is 2. The van der Waals surface area contributed by atoms with E-state index in [0.717, 1.165) is 0 Å². The van der Waals surface area contributed by atoms with Gasteiger partial charge >= 0.3 is 12.1 Å². The number of nitrogens with two attached hydrogens (primary N) is 1. The number of carbonyl (C=O) groups excluding carboxylic acids is 1. The molecule has 0 radical (unpaired) electrons. The second-order valence-corrected chi connectivity index (χ2v) is 11.7. The van der Waals surface area contributed by atoms with Crippen molar-refractivity contribution in [3.05, 3.63) is 52.4 Å². The summed E-state index contributed by atoms with van der Waals surface area (Å²) in [7, 11) is -3.14. The lowest BCUT2D eigenvalue weighted by atomic mass is 10.1. The van der Waals surface area contributed by atoms with Gasteiger partial charge in [-0.05, 0) is 19.1 Å². The van der Waals surface area contributed by atoms with Crippen molar-refractivity contribution in [3.63, 3.8) is 0 Å². The molecule has 14 nitrogen and oxygen atoms in total. The van der Waals surface area contributed by atoms with Crippen molar-refractivity contribution >= 4 is 56.1 Å². The van der Waals surface area contributed by atoms with Gasteiger partial charge in [0.25, 0.3) is 5.91 Å². The van der Waals surface area contributed by atoms with Crippen LogP contribution in [-0.4, -0.2) is 80.4 Å². The molecule has 1 atom stereocenters. The third-order valence-electron chi connectivity index (χ3n) is 6.21. The van der Waals surface area contributed by atoms with Crippen LogP contribution < -0.4 is 16.0 Å². The summed E-state index contributed by atoms with van der Waals surface area (Å²) in [6.45, 7) is 2.24. The average molecular weight is 628 g/mol. The van der Waals surface area contributed by atoms with Crippen LogP contribution in [0.15, 0.2) is 30.7 Å². The maximum Gasteiger partial charge on any atom is 0.490 e. The standard InChI is InChI=1S/C21H20ClN9O3S.C2HF3O2/c1-12(27-20(32)16-18(24)28-30-4-2-3-25-19(16)30)14-9-15(22)17-13(10-23)11-26-31(17)21(14)29-5-7-35(33,34)8-6-29;3-2(4,5)1(6)7/h2-4,9,11-12H,5-8H2,1H3,(H2,24,28)(H,27,32);(H,6,7). The van der Waals surface area contributed by atoms with Gasteiger partial charge in [0.05, 0.1) is 34.3 Å². The van der Waals surface area contributed by atoms with Crippen LogP contribution in [0.5, 0.6) is 0 Å². The second kappa shape index (κ2) is 11.3. The highest BCUT2D eigenvalue weighted by molar-refractivity contribution is 7.91. The van der Waals surface area contributed by atoms with Crippen LogP contribution in [0.2, 0.25) is 5.02 Å².